The number of nitrogens with zero attached hydrogens (tertiary/aromatic N) is 3. The van der Waals surface area contributed by atoms with Gasteiger partial charge in [0.15, 0.2) is 0 Å². The van der Waals surface area contributed by atoms with Crippen LogP contribution in [0.3, 0.4) is 0 Å². The third-order valence-corrected chi connectivity index (χ3v) is 6.83. The molecular formula is C26H28FN5O6S. The normalized spacial score (nSPS) is 11.6. The van der Waals surface area contributed by atoms with Crippen LogP contribution in [0.4, 0.5) is 21.6 Å². The van der Waals surface area contributed by atoms with Gasteiger partial charge in [0.25, 0.3) is 11.1 Å². The number of fused-ring (bicyclic) bond motifs is 1. The van der Waals surface area contributed by atoms with Crippen molar-refractivity contribution >= 4 is 38.1 Å². The molecule has 0 fully saturated rings. The van der Waals surface area contributed by atoms with Gasteiger partial charge in [0.2, 0.25) is 10.0 Å². The Bertz CT molecular complexity index is 1890. The van der Waals surface area contributed by atoms with Crippen LogP contribution < -0.4 is 26.8 Å². The van der Waals surface area contributed by atoms with Crippen LogP contribution in [0.15, 0.2) is 56.8 Å². The lowest BCUT2D eigenvalue weighted by Gasteiger charge is -2.21. The van der Waals surface area contributed by atoms with Crippen LogP contribution in [-0.4, -0.2) is 40.1 Å². The molecule has 0 saturated heterocycles. The molecule has 206 valence electrons. The van der Waals surface area contributed by atoms with E-state index in [9.17, 15) is 32.3 Å². The van der Waals surface area contributed by atoms with E-state index in [-0.39, 0.29) is 58.9 Å². The molecule has 0 unspecified atom stereocenters. The fourth-order valence-electron chi connectivity index (χ4n) is 4.43. The van der Waals surface area contributed by atoms with Gasteiger partial charge in [0.1, 0.15) is 17.0 Å². The van der Waals surface area contributed by atoms with Gasteiger partial charge in [-0.3, -0.25) is 28.0 Å². The number of sulfonamides is 1. The SMILES string of the molecule is Cc1ccc(Nc2c3c(=O)n(CCCO)c(=O)n(-c4cccc(NS(C)(=O)=O)c4)c3c(C)c(=O)n2C)c(F)c1. The van der Waals surface area contributed by atoms with Gasteiger partial charge in [-0.15, -0.1) is 0 Å². The predicted octanol–water partition coefficient (Wildman–Crippen LogP) is 2.10. The molecule has 0 aliphatic rings. The summed E-state index contributed by atoms with van der Waals surface area (Å²) in [6, 6.07) is 10.4. The highest BCUT2D eigenvalue weighted by molar-refractivity contribution is 7.92. The number of hydrogen-bond acceptors (Lipinski definition) is 7. The number of pyridine rings is 1. The Kier molecular flexibility index (Phi) is 7.48. The Morgan fingerprint density at radius 1 is 1.03 bits per heavy atom. The average Bonchev–Trinajstić information content (AvgIpc) is 2.85. The van der Waals surface area contributed by atoms with Gasteiger partial charge in [-0.2, -0.15) is 0 Å². The second kappa shape index (κ2) is 10.5. The molecule has 0 spiro atoms. The maximum atomic E-state index is 14.8. The molecule has 13 heteroatoms. The minimum Gasteiger partial charge on any atom is -0.396 e. The Balaban J connectivity index is 2.16. The third-order valence-electron chi connectivity index (χ3n) is 6.22. The highest BCUT2D eigenvalue weighted by Gasteiger charge is 2.24. The van der Waals surface area contributed by atoms with Gasteiger partial charge in [-0.1, -0.05) is 12.1 Å². The summed E-state index contributed by atoms with van der Waals surface area (Å²) in [6.07, 6.45) is 1.07. The summed E-state index contributed by atoms with van der Waals surface area (Å²) in [5.74, 6) is -0.644. The zero-order chi connectivity index (χ0) is 28.6. The van der Waals surface area contributed by atoms with Crippen molar-refractivity contribution in [3.63, 3.8) is 0 Å². The molecule has 11 nitrogen and oxygen atoms in total. The van der Waals surface area contributed by atoms with Crippen LogP contribution in [-0.2, 0) is 23.6 Å². The molecular weight excluding hydrogens is 529 g/mol. The minimum absolute atomic E-state index is 0.0131. The number of anilines is 3. The first-order chi connectivity index (χ1) is 18.3. The van der Waals surface area contributed by atoms with Crippen molar-refractivity contribution in [3.05, 3.63) is 90.6 Å². The van der Waals surface area contributed by atoms with Gasteiger partial charge in [0, 0.05) is 25.8 Å². The average molecular weight is 558 g/mol. The second-order valence-electron chi connectivity index (χ2n) is 9.25. The molecule has 0 saturated carbocycles. The summed E-state index contributed by atoms with van der Waals surface area (Å²) in [4.78, 5) is 40.8. The maximum Gasteiger partial charge on any atom is 0.336 e. The first kappa shape index (κ1) is 27.8. The number of aliphatic hydroxyl groups excluding tert-OH is 1. The van der Waals surface area contributed by atoms with E-state index >= 15 is 0 Å². The highest BCUT2D eigenvalue weighted by atomic mass is 32.2. The molecule has 0 amide bonds. The van der Waals surface area contributed by atoms with Gasteiger partial charge in [-0.25, -0.2) is 17.6 Å². The van der Waals surface area contributed by atoms with E-state index < -0.39 is 32.6 Å². The molecule has 4 rings (SSSR count). The van der Waals surface area contributed by atoms with Crippen LogP contribution in [0.25, 0.3) is 16.6 Å². The van der Waals surface area contributed by atoms with E-state index in [1.165, 1.54) is 54.9 Å². The van der Waals surface area contributed by atoms with Crippen molar-refractivity contribution in [2.75, 3.05) is 22.9 Å². The molecule has 2 aromatic carbocycles. The molecule has 2 heterocycles. The lowest BCUT2D eigenvalue weighted by molar-refractivity contribution is 0.278. The Labute approximate surface area is 222 Å². The fraction of sp³-hybridized carbons (Fsp3) is 0.269. The van der Waals surface area contributed by atoms with Crippen molar-refractivity contribution < 1.29 is 17.9 Å². The van der Waals surface area contributed by atoms with Crippen LogP contribution >= 0.6 is 0 Å². The summed E-state index contributed by atoms with van der Waals surface area (Å²) < 4.78 is 44.0. The smallest absolute Gasteiger partial charge is 0.336 e. The topological polar surface area (TPSA) is 144 Å². The van der Waals surface area contributed by atoms with E-state index in [1.807, 2.05) is 0 Å². The molecule has 0 bridgehead atoms. The Hall–Kier alpha value is -4.23. The number of halogens is 1. The number of aryl methyl sites for hydroxylation is 2. The molecule has 0 aliphatic heterocycles. The number of rotatable bonds is 8. The van der Waals surface area contributed by atoms with Crippen molar-refractivity contribution in [1.82, 2.24) is 13.7 Å². The fourth-order valence-corrected chi connectivity index (χ4v) is 4.98. The Morgan fingerprint density at radius 3 is 2.38 bits per heavy atom. The van der Waals surface area contributed by atoms with E-state index in [0.29, 0.717) is 5.56 Å². The standard InChI is InChI=1S/C26H28FN5O6S/c1-15-9-10-20(19(27)13-15)28-23-21-22(16(2)24(34)30(23)3)32(26(36)31(25(21)35)11-6-12-33)18-8-5-7-17(14-18)29-39(4,37)38/h5,7-10,13-14,28-29,33H,6,11-12H2,1-4H3. The highest BCUT2D eigenvalue weighted by Crippen LogP contribution is 2.27. The third kappa shape index (κ3) is 5.36. The van der Waals surface area contributed by atoms with Crippen molar-refractivity contribution in [1.29, 1.82) is 0 Å². The lowest BCUT2D eigenvalue weighted by Crippen LogP contribution is -2.41. The lowest BCUT2D eigenvalue weighted by atomic mass is 10.1. The van der Waals surface area contributed by atoms with Crippen LogP contribution in [0.2, 0.25) is 0 Å². The van der Waals surface area contributed by atoms with Crippen LogP contribution in [0, 0.1) is 19.7 Å². The van der Waals surface area contributed by atoms with Gasteiger partial charge in [0.05, 0.1) is 28.8 Å². The van der Waals surface area contributed by atoms with Gasteiger partial charge < -0.3 is 10.4 Å². The molecule has 39 heavy (non-hydrogen) atoms. The minimum atomic E-state index is -3.64. The monoisotopic (exact) mass is 557 g/mol. The first-order valence-corrected chi connectivity index (χ1v) is 13.8. The molecule has 0 radical (unpaired) electrons. The number of nitrogens with one attached hydrogen (secondary N) is 2. The number of hydrogen-bond donors (Lipinski definition) is 3. The summed E-state index contributed by atoms with van der Waals surface area (Å²) >= 11 is 0. The maximum absolute atomic E-state index is 14.8. The second-order valence-corrected chi connectivity index (χ2v) is 11.0. The van der Waals surface area contributed by atoms with Crippen LogP contribution in [0.1, 0.15) is 17.5 Å². The predicted molar refractivity (Wildman–Crippen MR) is 148 cm³/mol. The number of aliphatic hydroxyl groups is 1. The molecule has 2 aromatic heterocycles. The zero-order valence-corrected chi connectivity index (χ0v) is 22.6. The zero-order valence-electron chi connectivity index (χ0n) is 21.8. The van der Waals surface area contributed by atoms with Crippen molar-refractivity contribution in [3.8, 4) is 5.69 Å². The van der Waals surface area contributed by atoms with Gasteiger partial charge >= 0.3 is 5.69 Å². The summed E-state index contributed by atoms with van der Waals surface area (Å²) in [6.45, 7) is 2.76. The largest absolute Gasteiger partial charge is 0.396 e. The van der Waals surface area contributed by atoms with Crippen LogP contribution in [0.5, 0.6) is 0 Å². The number of benzene rings is 2. The summed E-state index contributed by atoms with van der Waals surface area (Å²) in [7, 11) is -2.22. The Morgan fingerprint density at radius 2 is 1.74 bits per heavy atom. The summed E-state index contributed by atoms with van der Waals surface area (Å²) in [5, 5.41) is 12.2. The van der Waals surface area contributed by atoms with E-state index in [1.54, 1.807) is 13.0 Å². The molecule has 0 atom stereocenters. The quantitative estimate of drug-likeness (QED) is 0.301. The van der Waals surface area contributed by atoms with Crippen molar-refractivity contribution in [2.24, 2.45) is 7.05 Å². The molecule has 3 N–H and O–H groups in total. The molecule has 4 aromatic rings. The number of aromatic nitrogens is 3. The first-order valence-electron chi connectivity index (χ1n) is 12.0. The van der Waals surface area contributed by atoms with E-state index in [4.69, 9.17) is 0 Å². The van der Waals surface area contributed by atoms with E-state index in [0.717, 1.165) is 15.4 Å². The van der Waals surface area contributed by atoms with Gasteiger partial charge in [-0.05, 0) is 56.2 Å². The van der Waals surface area contributed by atoms with Crippen molar-refractivity contribution in [2.45, 2.75) is 26.8 Å². The molecule has 0 aliphatic carbocycles. The van der Waals surface area contributed by atoms with E-state index in [2.05, 4.69) is 10.0 Å². The summed E-state index contributed by atoms with van der Waals surface area (Å²) in [5.41, 5.74) is -0.983.